The highest BCUT2D eigenvalue weighted by Crippen LogP contribution is 2.17. The van der Waals surface area contributed by atoms with E-state index < -0.39 is 0 Å². The van der Waals surface area contributed by atoms with E-state index in [4.69, 9.17) is 4.74 Å². The number of rotatable bonds is 8. The molecule has 22 heavy (non-hydrogen) atoms. The molecule has 1 N–H and O–H groups in total. The van der Waals surface area contributed by atoms with Gasteiger partial charge >= 0.3 is 5.97 Å². The number of unbranched alkanes of at least 4 members (excludes halogenated alkanes) is 1. The maximum absolute atomic E-state index is 12.1. The smallest absolute Gasteiger partial charge is 0.338 e. The standard InChI is InChI=1S/C19H31NO2/c1-6-8-9-15(7-2)14-22-18(21)16-10-12-17(13-11-16)20-19(3,4)5/h10-13,15,20H,6-9,14H2,1-5H3. The summed E-state index contributed by atoms with van der Waals surface area (Å²) < 4.78 is 5.46. The number of benzene rings is 1. The average Bonchev–Trinajstić information content (AvgIpc) is 2.46. The molecule has 1 aromatic rings. The van der Waals surface area contributed by atoms with Crippen molar-refractivity contribution >= 4 is 11.7 Å². The Morgan fingerprint density at radius 3 is 2.32 bits per heavy atom. The van der Waals surface area contributed by atoms with Gasteiger partial charge in [0.2, 0.25) is 0 Å². The van der Waals surface area contributed by atoms with Crippen LogP contribution in [0.15, 0.2) is 24.3 Å². The molecular weight excluding hydrogens is 274 g/mol. The van der Waals surface area contributed by atoms with Crippen molar-refractivity contribution in [2.75, 3.05) is 11.9 Å². The first-order valence-corrected chi connectivity index (χ1v) is 8.41. The lowest BCUT2D eigenvalue weighted by atomic mass is 10.0. The second-order valence-electron chi connectivity index (χ2n) is 6.97. The molecular formula is C19H31NO2. The van der Waals surface area contributed by atoms with Crippen molar-refractivity contribution in [1.29, 1.82) is 0 Å². The SMILES string of the molecule is CCCCC(CC)COC(=O)c1ccc(NC(C)(C)C)cc1. The molecule has 124 valence electrons. The lowest BCUT2D eigenvalue weighted by Crippen LogP contribution is -2.26. The molecule has 0 saturated heterocycles. The molecule has 0 aliphatic heterocycles. The fourth-order valence-electron chi connectivity index (χ4n) is 2.30. The number of carbonyl (C=O) groups is 1. The predicted octanol–water partition coefficient (Wildman–Crippen LogP) is 5.27. The summed E-state index contributed by atoms with van der Waals surface area (Å²) >= 11 is 0. The van der Waals surface area contributed by atoms with Crippen molar-refractivity contribution in [1.82, 2.24) is 0 Å². The zero-order valence-corrected chi connectivity index (χ0v) is 14.7. The Balaban J connectivity index is 2.51. The third-order valence-electron chi connectivity index (χ3n) is 3.63. The minimum absolute atomic E-state index is 0.00957. The lowest BCUT2D eigenvalue weighted by molar-refractivity contribution is 0.0428. The van der Waals surface area contributed by atoms with Gasteiger partial charge in [-0.25, -0.2) is 4.79 Å². The van der Waals surface area contributed by atoms with Gasteiger partial charge in [-0.15, -0.1) is 0 Å². The summed E-state index contributed by atoms with van der Waals surface area (Å²) in [6, 6.07) is 7.50. The molecule has 0 fully saturated rings. The number of ether oxygens (including phenoxy) is 1. The first kappa shape index (κ1) is 18.5. The Kier molecular flexibility index (Phi) is 7.43. The zero-order chi connectivity index (χ0) is 16.6. The van der Waals surface area contributed by atoms with Crippen LogP contribution in [-0.4, -0.2) is 18.1 Å². The van der Waals surface area contributed by atoms with E-state index >= 15 is 0 Å². The number of hydrogen-bond donors (Lipinski definition) is 1. The van der Waals surface area contributed by atoms with Crippen LogP contribution in [0.3, 0.4) is 0 Å². The topological polar surface area (TPSA) is 38.3 Å². The van der Waals surface area contributed by atoms with E-state index in [-0.39, 0.29) is 11.5 Å². The van der Waals surface area contributed by atoms with E-state index in [0.29, 0.717) is 18.1 Å². The van der Waals surface area contributed by atoms with Crippen LogP contribution in [0, 0.1) is 5.92 Å². The van der Waals surface area contributed by atoms with E-state index in [1.165, 1.54) is 12.8 Å². The van der Waals surface area contributed by atoms with Gasteiger partial charge in [0.25, 0.3) is 0 Å². The monoisotopic (exact) mass is 305 g/mol. The highest BCUT2D eigenvalue weighted by molar-refractivity contribution is 5.89. The molecule has 3 nitrogen and oxygen atoms in total. The molecule has 0 aromatic heterocycles. The van der Waals surface area contributed by atoms with Gasteiger partial charge < -0.3 is 10.1 Å². The van der Waals surface area contributed by atoms with E-state index in [1.54, 1.807) is 0 Å². The lowest BCUT2D eigenvalue weighted by Gasteiger charge is -2.22. The van der Waals surface area contributed by atoms with Crippen LogP contribution in [-0.2, 0) is 4.74 Å². The van der Waals surface area contributed by atoms with Crippen molar-refractivity contribution in [2.45, 2.75) is 65.8 Å². The molecule has 1 atom stereocenters. The van der Waals surface area contributed by atoms with Gasteiger partial charge in [-0.05, 0) is 57.4 Å². The number of carbonyl (C=O) groups excluding carboxylic acids is 1. The van der Waals surface area contributed by atoms with Crippen LogP contribution in [0.1, 0.15) is 70.7 Å². The summed E-state index contributed by atoms with van der Waals surface area (Å²) in [5, 5.41) is 3.38. The molecule has 1 rings (SSSR count). The van der Waals surface area contributed by atoms with Gasteiger partial charge in [0.15, 0.2) is 0 Å². The molecule has 0 heterocycles. The second kappa shape index (κ2) is 8.82. The Hall–Kier alpha value is -1.51. The quantitative estimate of drug-likeness (QED) is 0.665. The number of nitrogens with one attached hydrogen (secondary N) is 1. The summed E-state index contributed by atoms with van der Waals surface area (Å²) in [6.45, 7) is 11.2. The molecule has 3 heteroatoms. The predicted molar refractivity (Wildman–Crippen MR) is 93.4 cm³/mol. The average molecular weight is 305 g/mol. The first-order chi connectivity index (χ1) is 10.4. The number of hydrogen-bond acceptors (Lipinski definition) is 3. The zero-order valence-electron chi connectivity index (χ0n) is 14.7. The molecule has 0 aliphatic carbocycles. The summed E-state index contributed by atoms with van der Waals surface area (Å²) in [5.74, 6) is 0.253. The summed E-state index contributed by atoms with van der Waals surface area (Å²) in [7, 11) is 0. The maximum Gasteiger partial charge on any atom is 0.338 e. The highest BCUT2D eigenvalue weighted by atomic mass is 16.5. The van der Waals surface area contributed by atoms with Gasteiger partial charge in [-0.3, -0.25) is 0 Å². The minimum Gasteiger partial charge on any atom is -0.462 e. The molecule has 0 saturated carbocycles. The molecule has 0 amide bonds. The Morgan fingerprint density at radius 2 is 1.82 bits per heavy atom. The van der Waals surface area contributed by atoms with Crippen molar-refractivity contribution in [3.05, 3.63) is 29.8 Å². The fourth-order valence-corrected chi connectivity index (χ4v) is 2.30. The molecule has 0 spiro atoms. The van der Waals surface area contributed by atoms with Crippen LogP contribution >= 0.6 is 0 Å². The van der Waals surface area contributed by atoms with Crippen molar-refractivity contribution in [2.24, 2.45) is 5.92 Å². The van der Waals surface area contributed by atoms with Gasteiger partial charge in [0, 0.05) is 11.2 Å². The van der Waals surface area contributed by atoms with Crippen molar-refractivity contribution < 1.29 is 9.53 Å². The molecule has 1 unspecified atom stereocenters. The van der Waals surface area contributed by atoms with Crippen LogP contribution in [0.25, 0.3) is 0 Å². The van der Waals surface area contributed by atoms with Crippen LogP contribution in [0.4, 0.5) is 5.69 Å². The van der Waals surface area contributed by atoms with Crippen molar-refractivity contribution in [3.63, 3.8) is 0 Å². The third-order valence-corrected chi connectivity index (χ3v) is 3.63. The fraction of sp³-hybridized carbons (Fsp3) is 0.632. The summed E-state index contributed by atoms with van der Waals surface area (Å²) in [5.41, 5.74) is 1.64. The maximum atomic E-state index is 12.1. The Labute approximate surface area is 135 Å². The van der Waals surface area contributed by atoms with Gasteiger partial charge in [-0.1, -0.05) is 33.1 Å². The van der Waals surface area contributed by atoms with Gasteiger partial charge in [0.05, 0.1) is 12.2 Å². The number of esters is 1. The number of anilines is 1. The highest BCUT2D eigenvalue weighted by Gasteiger charge is 2.13. The molecule has 0 aliphatic rings. The largest absolute Gasteiger partial charge is 0.462 e. The van der Waals surface area contributed by atoms with Gasteiger partial charge in [0.1, 0.15) is 0 Å². The van der Waals surface area contributed by atoms with Crippen LogP contribution in [0.2, 0.25) is 0 Å². The van der Waals surface area contributed by atoms with E-state index in [0.717, 1.165) is 18.5 Å². The Bertz CT molecular complexity index is 445. The minimum atomic E-state index is -0.225. The normalized spacial score (nSPS) is 12.8. The third kappa shape index (κ3) is 6.97. The van der Waals surface area contributed by atoms with Gasteiger partial charge in [-0.2, -0.15) is 0 Å². The van der Waals surface area contributed by atoms with E-state index in [2.05, 4.69) is 39.9 Å². The molecule has 1 aromatic carbocycles. The van der Waals surface area contributed by atoms with Crippen LogP contribution in [0.5, 0.6) is 0 Å². The van der Waals surface area contributed by atoms with E-state index in [9.17, 15) is 4.79 Å². The second-order valence-corrected chi connectivity index (χ2v) is 6.97. The summed E-state index contributed by atoms with van der Waals surface area (Å²) in [4.78, 5) is 12.1. The summed E-state index contributed by atoms with van der Waals surface area (Å²) in [6.07, 6.45) is 4.58. The Morgan fingerprint density at radius 1 is 1.18 bits per heavy atom. The first-order valence-electron chi connectivity index (χ1n) is 8.41. The molecule has 0 radical (unpaired) electrons. The van der Waals surface area contributed by atoms with Crippen molar-refractivity contribution in [3.8, 4) is 0 Å². The van der Waals surface area contributed by atoms with Crippen LogP contribution < -0.4 is 5.32 Å². The molecule has 0 bridgehead atoms. The van der Waals surface area contributed by atoms with E-state index in [1.807, 2.05) is 24.3 Å².